The molecule has 1 atom stereocenters. The highest BCUT2D eigenvalue weighted by Crippen LogP contribution is 2.23. The van der Waals surface area contributed by atoms with Crippen molar-refractivity contribution in [3.8, 4) is 0 Å². The molecule has 0 aromatic heterocycles. The second kappa shape index (κ2) is 8.44. The van der Waals surface area contributed by atoms with Gasteiger partial charge in [0, 0.05) is 11.6 Å². The number of rotatable bonds is 7. The summed E-state index contributed by atoms with van der Waals surface area (Å²) in [4.78, 5) is 38.2. The van der Waals surface area contributed by atoms with E-state index in [0.29, 0.717) is 17.9 Å². The van der Waals surface area contributed by atoms with Crippen LogP contribution in [0.1, 0.15) is 24.5 Å². The van der Waals surface area contributed by atoms with Crippen LogP contribution in [0, 0.1) is 0 Å². The smallest absolute Gasteiger partial charge is 0.325 e. The number of nitrogens with zero attached hydrogens (tertiary/aromatic N) is 1. The lowest BCUT2D eigenvalue weighted by molar-refractivity contribution is -0.134. The molecule has 3 rings (SSSR count). The summed E-state index contributed by atoms with van der Waals surface area (Å²) in [6.07, 6.45) is 1.11. The van der Waals surface area contributed by atoms with Gasteiger partial charge in [0.2, 0.25) is 5.91 Å². The van der Waals surface area contributed by atoms with Crippen molar-refractivity contribution in [2.24, 2.45) is 0 Å². The third kappa shape index (κ3) is 4.51. The zero-order valence-corrected chi connectivity index (χ0v) is 16.3. The Bertz CT molecular complexity index is 887. The van der Waals surface area contributed by atoms with Crippen molar-refractivity contribution in [3.05, 3.63) is 70.7 Å². The Kier molecular flexibility index (Phi) is 5.99. The second-order valence-corrected chi connectivity index (χ2v) is 7.41. The molecule has 0 spiro atoms. The first-order valence-corrected chi connectivity index (χ1v) is 9.45. The molecule has 0 unspecified atom stereocenters. The lowest BCUT2D eigenvalue weighted by Gasteiger charge is -2.21. The van der Waals surface area contributed by atoms with Gasteiger partial charge in [-0.05, 0) is 37.0 Å². The van der Waals surface area contributed by atoms with Crippen molar-refractivity contribution in [3.63, 3.8) is 0 Å². The summed E-state index contributed by atoms with van der Waals surface area (Å²) in [6.45, 7) is 1.60. The minimum absolute atomic E-state index is 0.230. The Labute approximate surface area is 168 Å². The van der Waals surface area contributed by atoms with Gasteiger partial charge in [-0.1, -0.05) is 60.1 Å². The van der Waals surface area contributed by atoms with Crippen LogP contribution in [-0.4, -0.2) is 34.8 Å². The molecular weight excluding hydrogens is 378 g/mol. The molecule has 0 aliphatic carbocycles. The van der Waals surface area contributed by atoms with Crippen LogP contribution in [0.3, 0.4) is 0 Å². The molecule has 7 heteroatoms. The van der Waals surface area contributed by atoms with Gasteiger partial charge in [-0.15, -0.1) is 0 Å². The number of benzene rings is 2. The Hall–Kier alpha value is -2.86. The summed E-state index contributed by atoms with van der Waals surface area (Å²) in [5.41, 5.74) is 0.833. The van der Waals surface area contributed by atoms with Crippen molar-refractivity contribution in [2.45, 2.75) is 31.8 Å². The monoisotopic (exact) mass is 399 g/mol. The summed E-state index contributed by atoms with van der Waals surface area (Å²) in [5, 5.41) is 5.97. The first-order chi connectivity index (χ1) is 13.4. The first kappa shape index (κ1) is 19.9. The molecule has 1 aliphatic rings. The van der Waals surface area contributed by atoms with E-state index < -0.39 is 17.5 Å². The fourth-order valence-corrected chi connectivity index (χ4v) is 3.34. The van der Waals surface area contributed by atoms with E-state index >= 15 is 0 Å². The van der Waals surface area contributed by atoms with Gasteiger partial charge in [0.1, 0.15) is 12.1 Å². The van der Waals surface area contributed by atoms with Crippen LogP contribution in [0.4, 0.5) is 4.79 Å². The minimum atomic E-state index is -1.02. The lowest BCUT2D eigenvalue weighted by atomic mass is 9.93. The molecule has 146 valence electrons. The van der Waals surface area contributed by atoms with E-state index in [0.717, 1.165) is 16.0 Å². The molecule has 0 bridgehead atoms. The van der Waals surface area contributed by atoms with Crippen molar-refractivity contribution in [1.29, 1.82) is 0 Å². The summed E-state index contributed by atoms with van der Waals surface area (Å²) in [6, 6.07) is 16.4. The van der Waals surface area contributed by atoms with E-state index in [-0.39, 0.29) is 19.0 Å². The molecule has 0 saturated carbocycles. The quantitative estimate of drug-likeness (QED) is 0.702. The van der Waals surface area contributed by atoms with Crippen molar-refractivity contribution < 1.29 is 14.4 Å². The van der Waals surface area contributed by atoms with Gasteiger partial charge in [-0.2, -0.15) is 0 Å². The van der Waals surface area contributed by atoms with Gasteiger partial charge in [0.05, 0.1) is 0 Å². The van der Waals surface area contributed by atoms with Crippen molar-refractivity contribution >= 4 is 29.4 Å². The predicted octanol–water partition coefficient (Wildman–Crippen LogP) is 2.90. The Morgan fingerprint density at radius 2 is 1.79 bits per heavy atom. The third-order valence-electron chi connectivity index (χ3n) is 4.84. The SMILES string of the molecule is C[C@]1(CCc2ccccc2)NC(=O)N(CC(=O)NCc2ccccc2Cl)C1=O. The number of hydrogen-bond donors (Lipinski definition) is 2. The maximum Gasteiger partial charge on any atom is 0.325 e. The number of amides is 4. The topological polar surface area (TPSA) is 78.5 Å². The van der Waals surface area contributed by atoms with E-state index in [1.54, 1.807) is 25.1 Å². The zero-order chi connectivity index (χ0) is 20.1. The Morgan fingerprint density at radius 3 is 2.50 bits per heavy atom. The number of hydrogen-bond acceptors (Lipinski definition) is 3. The van der Waals surface area contributed by atoms with Crippen LogP contribution < -0.4 is 10.6 Å². The number of imide groups is 1. The average molecular weight is 400 g/mol. The number of halogens is 1. The average Bonchev–Trinajstić information content (AvgIpc) is 2.90. The van der Waals surface area contributed by atoms with Gasteiger partial charge < -0.3 is 10.6 Å². The number of carbonyl (C=O) groups excluding carboxylic acids is 3. The largest absolute Gasteiger partial charge is 0.350 e. The van der Waals surface area contributed by atoms with Gasteiger partial charge in [0.15, 0.2) is 0 Å². The molecule has 1 saturated heterocycles. The molecular formula is C21H22ClN3O3. The van der Waals surface area contributed by atoms with Crippen LogP contribution >= 0.6 is 11.6 Å². The summed E-state index contributed by atoms with van der Waals surface area (Å²) >= 11 is 6.07. The number of aryl methyl sites for hydroxylation is 1. The van der Waals surface area contributed by atoms with E-state index in [4.69, 9.17) is 11.6 Å². The molecule has 2 aromatic carbocycles. The van der Waals surface area contributed by atoms with Crippen LogP contribution in [0.25, 0.3) is 0 Å². The van der Waals surface area contributed by atoms with E-state index in [2.05, 4.69) is 10.6 Å². The molecule has 2 aromatic rings. The van der Waals surface area contributed by atoms with E-state index in [1.165, 1.54) is 0 Å². The fourth-order valence-electron chi connectivity index (χ4n) is 3.13. The highest BCUT2D eigenvalue weighted by Gasteiger charge is 2.47. The molecule has 28 heavy (non-hydrogen) atoms. The maximum absolute atomic E-state index is 12.8. The molecule has 6 nitrogen and oxygen atoms in total. The van der Waals surface area contributed by atoms with Crippen LogP contribution in [0.2, 0.25) is 5.02 Å². The number of urea groups is 1. The van der Waals surface area contributed by atoms with E-state index in [9.17, 15) is 14.4 Å². The van der Waals surface area contributed by atoms with Crippen molar-refractivity contribution in [1.82, 2.24) is 15.5 Å². The Morgan fingerprint density at radius 1 is 1.11 bits per heavy atom. The van der Waals surface area contributed by atoms with Crippen LogP contribution in [0.15, 0.2) is 54.6 Å². The standard InChI is InChI=1S/C21H22ClN3O3/c1-21(12-11-15-7-3-2-4-8-15)19(27)25(20(28)24-21)14-18(26)23-13-16-9-5-6-10-17(16)22/h2-10H,11-14H2,1H3,(H,23,26)(H,24,28)/t21-/m1/s1. The molecule has 1 fully saturated rings. The normalized spacial score (nSPS) is 18.9. The highest BCUT2D eigenvalue weighted by molar-refractivity contribution is 6.31. The molecule has 4 amide bonds. The first-order valence-electron chi connectivity index (χ1n) is 9.07. The molecule has 1 aliphatic heterocycles. The summed E-state index contributed by atoms with van der Waals surface area (Å²) in [5.74, 6) is -0.808. The summed E-state index contributed by atoms with van der Waals surface area (Å²) < 4.78 is 0. The highest BCUT2D eigenvalue weighted by atomic mass is 35.5. The predicted molar refractivity (Wildman–Crippen MR) is 107 cm³/mol. The Balaban J connectivity index is 1.57. The fraction of sp³-hybridized carbons (Fsp3) is 0.286. The molecule has 1 heterocycles. The van der Waals surface area contributed by atoms with Crippen molar-refractivity contribution in [2.75, 3.05) is 6.54 Å². The summed E-state index contributed by atoms with van der Waals surface area (Å²) in [7, 11) is 0. The van der Waals surface area contributed by atoms with Gasteiger partial charge in [0.25, 0.3) is 5.91 Å². The van der Waals surface area contributed by atoms with Gasteiger partial charge in [-0.3, -0.25) is 14.5 Å². The van der Waals surface area contributed by atoms with Gasteiger partial charge >= 0.3 is 6.03 Å². The van der Waals surface area contributed by atoms with Crippen LogP contribution in [0.5, 0.6) is 0 Å². The third-order valence-corrected chi connectivity index (χ3v) is 5.21. The van der Waals surface area contributed by atoms with Gasteiger partial charge in [-0.25, -0.2) is 4.79 Å². The number of nitrogens with one attached hydrogen (secondary N) is 2. The lowest BCUT2D eigenvalue weighted by Crippen LogP contribution is -2.45. The zero-order valence-electron chi connectivity index (χ0n) is 15.6. The van der Waals surface area contributed by atoms with E-state index in [1.807, 2.05) is 36.4 Å². The second-order valence-electron chi connectivity index (χ2n) is 7.01. The van der Waals surface area contributed by atoms with Crippen LogP contribution in [-0.2, 0) is 22.6 Å². The molecule has 2 N–H and O–H groups in total. The number of carbonyl (C=O) groups is 3. The minimum Gasteiger partial charge on any atom is -0.350 e. The maximum atomic E-state index is 12.8. The molecule has 0 radical (unpaired) electrons.